The van der Waals surface area contributed by atoms with Crippen LogP contribution in [0, 0.1) is 0 Å². The number of aromatic nitrogens is 4. The molecule has 0 radical (unpaired) electrons. The summed E-state index contributed by atoms with van der Waals surface area (Å²) in [6.07, 6.45) is -2.87. The number of hydrogen-bond acceptors (Lipinski definition) is 12. The first-order valence-electron chi connectivity index (χ1n) is 13.1. The minimum Gasteiger partial charge on any atom is -0.465 e. The fourth-order valence-electron chi connectivity index (χ4n) is 4.72. The lowest BCUT2D eigenvalue weighted by Gasteiger charge is -2.27. The SMILES string of the molecule is CCOC(=O)[C@H](C)NP(=O)(OC[C@H]1O[C@@H](n2cnc3c(=O)[nH]c(N)nc32)C(C)(O)[C@H]1O)Oc1cccc2ccccc12. The highest BCUT2D eigenvalue weighted by Gasteiger charge is 2.54. The summed E-state index contributed by atoms with van der Waals surface area (Å²) in [5.74, 6) is -0.645. The number of nitrogen functional groups attached to an aromatic ring is 1. The number of nitrogens with zero attached hydrogens (tertiary/aromatic N) is 3. The zero-order valence-corrected chi connectivity index (χ0v) is 23.9. The van der Waals surface area contributed by atoms with Crippen LogP contribution in [0.15, 0.2) is 53.6 Å². The van der Waals surface area contributed by atoms with Gasteiger partial charge in [0.25, 0.3) is 5.56 Å². The van der Waals surface area contributed by atoms with Crippen LogP contribution >= 0.6 is 7.75 Å². The number of imidazole rings is 1. The van der Waals surface area contributed by atoms with Gasteiger partial charge in [-0.3, -0.25) is 23.7 Å². The Morgan fingerprint density at radius 2 is 2.05 bits per heavy atom. The average Bonchev–Trinajstić information content (AvgIpc) is 3.45. The van der Waals surface area contributed by atoms with Gasteiger partial charge in [0.2, 0.25) is 5.95 Å². The molecule has 0 amide bonds. The standard InChI is InChI=1S/C26H31N6O9P/c1-4-38-23(35)14(2)31-42(37,41-17-11-7-9-15-8-5-6-10-16(15)17)39-12-18-20(33)26(3,36)24(40-18)32-13-28-19-21(32)29-25(27)30-22(19)34/h5-11,13-14,18,20,24,33,36H,4,12H2,1-3H3,(H,31,37)(H3,27,29,30,34)/t14-,18+,20-,24+,26?,42?/m0/s1. The predicted molar refractivity (Wildman–Crippen MR) is 150 cm³/mol. The molecule has 0 spiro atoms. The van der Waals surface area contributed by atoms with E-state index in [4.69, 9.17) is 24.3 Å². The number of carbonyl (C=O) groups is 1. The lowest BCUT2D eigenvalue weighted by molar-refractivity contribution is -0.144. The molecule has 4 aromatic rings. The van der Waals surface area contributed by atoms with Gasteiger partial charge in [0.15, 0.2) is 17.4 Å². The van der Waals surface area contributed by atoms with Crippen LogP contribution in [-0.2, 0) is 23.4 Å². The van der Waals surface area contributed by atoms with Crippen LogP contribution in [0.2, 0.25) is 0 Å². The molecule has 0 aliphatic carbocycles. The highest BCUT2D eigenvalue weighted by atomic mass is 31.2. The Labute approximate surface area is 239 Å². The van der Waals surface area contributed by atoms with Gasteiger partial charge in [0.1, 0.15) is 29.6 Å². The fourth-order valence-corrected chi connectivity index (χ4v) is 6.24. The lowest BCUT2D eigenvalue weighted by atomic mass is 9.96. The monoisotopic (exact) mass is 602 g/mol. The molecule has 5 rings (SSSR count). The maximum atomic E-state index is 14.1. The maximum Gasteiger partial charge on any atom is 0.459 e. The van der Waals surface area contributed by atoms with Gasteiger partial charge in [-0.2, -0.15) is 10.1 Å². The molecule has 3 heterocycles. The van der Waals surface area contributed by atoms with Crippen molar-refractivity contribution in [1.29, 1.82) is 0 Å². The first kappa shape index (κ1) is 29.6. The number of H-pyrrole nitrogens is 1. The molecule has 42 heavy (non-hydrogen) atoms. The number of hydrogen-bond donors (Lipinski definition) is 5. The topological polar surface area (TPSA) is 213 Å². The summed E-state index contributed by atoms with van der Waals surface area (Å²) in [6, 6.07) is 11.3. The van der Waals surface area contributed by atoms with Crippen molar-refractivity contribution in [2.24, 2.45) is 0 Å². The summed E-state index contributed by atoms with van der Waals surface area (Å²) in [5, 5.41) is 26.3. The van der Waals surface area contributed by atoms with Gasteiger partial charge in [-0.25, -0.2) is 9.55 Å². The van der Waals surface area contributed by atoms with E-state index < -0.39 is 56.0 Å². The van der Waals surface area contributed by atoms with Crippen LogP contribution in [0.5, 0.6) is 5.75 Å². The Morgan fingerprint density at radius 1 is 1.31 bits per heavy atom. The third-order valence-corrected chi connectivity index (χ3v) is 8.46. The zero-order valence-electron chi connectivity index (χ0n) is 23.0. The molecule has 224 valence electrons. The van der Waals surface area contributed by atoms with Crippen molar-refractivity contribution >= 4 is 41.6 Å². The zero-order chi connectivity index (χ0) is 30.2. The van der Waals surface area contributed by atoms with Crippen molar-refractivity contribution in [3.05, 3.63) is 59.1 Å². The Morgan fingerprint density at radius 3 is 2.81 bits per heavy atom. The van der Waals surface area contributed by atoms with E-state index in [-0.39, 0.29) is 29.5 Å². The number of aliphatic hydroxyl groups is 2. The quantitative estimate of drug-likeness (QED) is 0.129. The number of ether oxygens (including phenoxy) is 2. The molecule has 6 N–H and O–H groups in total. The average molecular weight is 603 g/mol. The highest BCUT2D eigenvalue weighted by Crippen LogP contribution is 2.48. The van der Waals surface area contributed by atoms with Crippen molar-refractivity contribution < 1.29 is 38.1 Å². The number of aromatic amines is 1. The van der Waals surface area contributed by atoms with Crippen LogP contribution in [-0.4, -0.2) is 72.8 Å². The van der Waals surface area contributed by atoms with Crippen molar-refractivity contribution in [3.8, 4) is 5.75 Å². The number of rotatable bonds is 10. The molecule has 2 aromatic heterocycles. The van der Waals surface area contributed by atoms with Crippen LogP contribution < -0.4 is 20.9 Å². The molecule has 16 heteroatoms. The number of fused-ring (bicyclic) bond motifs is 2. The largest absolute Gasteiger partial charge is 0.465 e. The second kappa shape index (κ2) is 11.4. The molecule has 0 saturated carbocycles. The Hall–Kier alpha value is -3.85. The number of esters is 1. The molecular weight excluding hydrogens is 571 g/mol. The van der Waals surface area contributed by atoms with Gasteiger partial charge in [-0.1, -0.05) is 36.4 Å². The molecule has 2 aromatic carbocycles. The lowest BCUT2D eigenvalue weighted by Crippen LogP contribution is -2.44. The number of anilines is 1. The number of benzene rings is 2. The van der Waals surface area contributed by atoms with E-state index in [1.54, 1.807) is 31.2 Å². The Balaban J connectivity index is 1.42. The second-order valence-electron chi connectivity index (χ2n) is 9.94. The van der Waals surface area contributed by atoms with Crippen molar-refractivity contribution in [1.82, 2.24) is 24.6 Å². The van der Waals surface area contributed by atoms with Crippen molar-refractivity contribution in [2.45, 2.75) is 50.8 Å². The smallest absolute Gasteiger partial charge is 0.459 e. The number of nitrogens with one attached hydrogen (secondary N) is 2. The number of carbonyl (C=O) groups excluding carboxylic acids is 1. The van der Waals surface area contributed by atoms with Gasteiger partial charge in [0.05, 0.1) is 19.5 Å². The summed E-state index contributed by atoms with van der Waals surface area (Å²) in [4.78, 5) is 35.0. The van der Waals surface area contributed by atoms with Crippen LogP contribution in [0.4, 0.5) is 5.95 Å². The van der Waals surface area contributed by atoms with Gasteiger partial charge in [-0.15, -0.1) is 0 Å². The third-order valence-electron chi connectivity index (χ3n) is 6.83. The predicted octanol–water partition coefficient (Wildman–Crippen LogP) is 1.61. The summed E-state index contributed by atoms with van der Waals surface area (Å²) in [6.45, 7) is 3.96. The number of aliphatic hydroxyl groups excluding tert-OH is 1. The first-order valence-corrected chi connectivity index (χ1v) is 14.6. The van der Waals surface area contributed by atoms with Crippen LogP contribution in [0.1, 0.15) is 27.0 Å². The summed E-state index contributed by atoms with van der Waals surface area (Å²) < 4.78 is 37.9. The molecule has 1 aliphatic rings. The van der Waals surface area contributed by atoms with Crippen molar-refractivity contribution in [2.75, 3.05) is 18.9 Å². The number of nitrogens with two attached hydrogens (primary N) is 1. The fraction of sp³-hybridized carbons (Fsp3) is 0.385. The minimum absolute atomic E-state index is 0.0187. The normalized spacial score (nSPS) is 24.5. The summed E-state index contributed by atoms with van der Waals surface area (Å²) in [7, 11) is -4.35. The maximum absolute atomic E-state index is 14.1. The van der Waals surface area contributed by atoms with E-state index in [9.17, 15) is 24.4 Å². The van der Waals surface area contributed by atoms with E-state index in [0.29, 0.717) is 5.39 Å². The third kappa shape index (κ3) is 5.62. The molecule has 1 aliphatic heterocycles. The first-order chi connectivity index (χ1) is 19.9. The van der Waals surface area contributed by atoms with E-state index >= 15 is 0 Å². The van der Waals surface area contributed by atoms with Crippen LogP contribution in [0.25, 0.3) is 21.9 Å². The van der Waals surface area contributed by atoms with E-state index in [1.165, 1.54) is 24.7 Å². The Bertz CT molecular complexity index is 1720. The minimum atomic E-state index is -4.35. The molecule has 0 bridgehead atoms. The van der Waals surface area contributed by atoms with Gasteiger partial charge in [0, 0.05) is 5.39 Å². The summed E-state index contributed by atoms with van der Waals surface area (Å²) >= 11 is 0. The van der Waals surface area contributed by atoms with Crippen LogP contribution in [0.3, 0.4) is 0 Å². The highest BCUT2D eigenvalue weighted by molar-refractivity contribution is 7.52. The van der Waals surface area contributed by atoms with E-state index in [2.05, 4.69) is 20.0 Å². The second-order valence-corrected chi connectivity index (χ2v) is 11.6. The molecule has 1 fully saturated rings. The van der Waals surface area contributed by atoms with E-state index in [0.717, 1.165) is 5.39 Å². The van der Waals surface area contributed by atoms with Crippen molar-refractivity contribution in [3.63, 3.8) is 0 Å². The van der Waals surface area contributed by atoms with E-state index in [1.807, 2.05) is 18.2 Å². The Kier molecular flexibility index (Phi) is 8.07. The molecule has 2 unspecified atom stereocenters. The van der Waals surface area contributed by atoms with Gasteiger partial charge >= 0.3 is 13.7 Å². The molecule has 1 saturated heterocycles. The molecule has 15 nitrogen and oxygen atoms in total. The van der Waals surface area contributed by atoms with Gasteiger partial charge < -0.3 is 29.9 Å². The summed E-state index contributed by atoms with van der Waals surface area (Å²) in [5.41, 5.74) is 3.12. The molecule has 6 atom stereocenters. The molecular formula is C26H31N6O9P. The van der Waals surface area contributed by atoms with Gasteiger partial charge in [-0.05, 0) is 32.2 Å².